The molecule has 0 amide bonds. The topological polar surface area (TPSA) is 29.1 Å². The smallest absolute Gasteiger partial charge is 0.179 e. The van der Waals surface area contributed by atoms with Crippen molar-refractivity contribution in [1.82, 2.24) is 5.32 Å². The first-order valence-electron chi connectivity index (χ1n) is 5.68. The fourth-order valence-corrected chi connectivity index (χ4v) is 1.58. The molecule has 88 valence electrons. The lowest BCUT2D eigenvalue weighted by atomic mass is 10.1. The summed E-state index contributed by atoms with van der Waals surface area (Å²) in [6.45, 7) is 4.91. The molecule has 0 saturated heterocycles. The van der Waals surface area contributed by atoms with E-state index in [-0.39, 0.29) is 11.8 Å². The molecule has 1 N–H and O–H groups in total. The number of benzene rings is 1. The van der Waals surface area contributed by atoms with Crippen molar-refractivity contribution in [2.24, 2.45) is 0 Å². The van der Waals surface area contributed by atoms with E-state index in [1.807, 2.05) is 6.92 Å². The van der Waals surface area contributed by atoms with E-state index in [1.54, 1.807) is 24.3 Å². The number of ketones is 1. The summed E-state index contributed by atoms with van der Waals surface area (Å²) in [6.07, 6.45) is 2.23. The van der Waals surface area contributed by atoms with Gasteiger partial charge in [-0.25, -0.2) is 0 Å². The molecule has 1 aromatic rings. The fourth-order valence-electron chi connectivity index (χ4n) is 1.45. The molecule has 1 rings (SSSR count). The zero-order valence-corrected chi connectivity index (χ0v) is 10.6. The van der Waals surface area contributed by atoms with Crippen LogP contribution in [0.15, 0.2) is 24.3 Å². The van der Waals surface area contributed by atoms with E-state index in [1.165, 1.54) is 0 Å². The molecule has 0 aliphatic heterocycles. The Bertz CT molecular complexity index is 334. The largest absolute Gasteiger partial charge is 0.307 e. The van der Waals surface area contributed by atoms with Gasteiger partial charge in [0.1, 0.15) is 0 Å². The van der Waals surface area contributed by atoms with Gasteiger partial charge in [-0.2, -0.15) is 0 Å². The number of carbonyl (C=O) groups excluding carboxylic acids is 1. The summed E-state index contributed by atoms with van der Waals surface area (Å²) in [7, 11) is 0. The molecule has 0 unspecified atom stereocenters. The van der Waals surface area contributed by atoms with Gasteiger partial charge in [0.2, 0.25) is 0 Å². The molecule has 0 aromatic heterocycles. The lowest BCUT2D eigenvalue weighted by Gasteiger charge is -2.12. The van der Waals surface area contributed by atoms with Gasteiger partial charge in [-0.3, -0.25) is 4.79 Å². The highest BCUT2D eigenvalue weighted by Crippen LogP contribution is 2.11. The average Bonchev–Trinajstić information content (AvgIpc) is 2.29. The zero-order chi connectivity index (χ0) is 12.0. The Hall–Kier alpha value is -0.860. The predicted octanol–water partition coefficient (Wildman–Crippen LogP) is 3.30. The molecule has 2 nitrogen and oxygen atoms in total. The molecule has 3 heteroatoms. The van der Waals surface area contributed by atoms with Crippen LogP contribution in [-0.2, 0) is 0 Å². The molecule has 1 aromatic carbocycles. The normalized spacial score (nSPS) is 12.4. The number of halogens is 1. The molecule has 0 spiro atoms. The Labute approximate surface area is 102 Å². The lowest BCUT2D eigenvalue weighted by Crippen LogP contribution is -2.34. The number of rotatable bonds is 6. The van der Waals surface area contributed by atoms with E-state index in [0.29, 0.717) is 10.6 Å². The highest BCUT2D eigenvalue weighted by molar-refractivity contribution is 6.30. The molecule has 1 atom stereocenters. The van der Waals surface area contributed by atoms with Gasteiger partial charge in [0.05, 0.1) is 6.04 Å². The van der Waals surface area contributed by atoms with Crippen molar-refractivity contribution >= 4 is 17.4 Å². The SMILES string of the molecule is CCCCN[C@@H](C)C(=O)c1ccc(Cl)cc1. The van der Waals surface area contributed by atoms with Crippen molar-refractivity contribution < 1.29 is 4.79 Å². The number of hydrogen-bond acceptors (Lipinski definition) is 2. The van der Waals surface area contributed by atoms with Crippen molar-refractivity contribution in [2.75, 3.05) is 6.54 Å². The zero-order valence-electron chi connectivity index (χ0n) is 9.79. The number of nitrogens with one attached hydrogen (secondary N) is 1. The van der Waals surface area contributed by atoms with Gasteiger partial charge >= 0.3 is 0 Å². The summed E-state index contributed by atoms with van der Waals surface area (Å²) < 4.78 is 0. The molecule has 0 fully saturated rings. The molecule has 0 radical (unpaired) electrons. The van der Waals surface area contributed by atoms with Crippen LogP contribution in [0, 0.1) is 0 Å². The second-order valence-electron chi connectivity index (χ2n) is 3.90. The van der Waals surface area contributed by atoms with Crippen LogP contribution in [0.4, 0.5) is 0 Å². The Morgan fingerprint density at radius 1 is 1.38 bits per heavy atom. The predicted molar refractivity (Wildman–Crippen MR) is 68.2 cm³/mol. The number of unbranched alkanes of at least 4 members (excludes halogenated alkanes) is 1. The summed E-state index contributed by atoms with van der Waals surface area (Å²) in [5, 5.41) is 3.87. The van der Waals surface area contributed by atoms with Crippen molar-refractivity contribution in [3.63, 3.8) is 0 Å². The minimum Gasteiger partial charge on any atom is -0.307 e. The average molecular weight is 240 g/mol. The van der Waals surface area contributed by atoms with Crippen LogP contribution in [0.25, 0.3) is 0 Å². The van der Waals surface area contributed by atoms with Gasteiger partial charge in [-0.15, -0.1) is 0 Å². The van der Waals surface area contributed by atoms with Gasteiger partial charge in [0.25, 0.3) is 0 Å². The van der Waals surface area contributed by atoms with Crippen LogP contribution in [-0.4, -0.2) is 18.4 Å². The maximum Gasteiger partial charge on any atom is 0.179 e. The molecule has 16 heavy (non-hydrogen) atoms. The maximum atomic E-state index is 11.9. The molecule has 0 saturated carbocycles. The van der Waals surface area contributed by atoms with Crippen LogP contribution in [0.3, 0.4) is 0 Å². The lowest BCUT2D eigenvalue weighted by molar-refractivity contribution is 0.0951. The summed E-state index contributed by atoms with van der Waals surface area (Å²) in [5.41, 5.74) is 0.709. The standard InChI is InChI=1S/C13H18ClNO/c1-3-4-9-15-10(2)13(16)11-5-7-12(14)8-6-11/h5-8,10,15H,3-4,9H2,1-2H3/t10-/m0/s1. The first-order valence-corrected chi connectivity index (χ1v) is 6.06. The highest BCUT2D eigenvalue weighted by Gasteiger charge is 2.13. The fraction of sp³-hybridized carbons (Fsp3) is 0.462. The van der Waals surface area contributed by atoms with Crippen LogP contribution in [0.2, 0.25) is 5.02 Å². The Kier molecular flexibility index (Phi) is 5.50. The third-order valence-electron chi connectivity index (χ3n) is 2.50. The van der Waals surface area contributed by atoms with E-state index >= 15 is 0 Å². The quantitative estimate of drug-likeness (QED) is 0.610. The van der Waals surface area contributed by atoms with Gasteiger partial charge in [-0.1, -0.05) is 24.9 Å². The summed E-state index contributed by atoms with van der Waals surface area (Å²) in [4.78, 5) is 11.9. The Balaban J connectivity index is 2.53. The molecule has 0 heterocycles. The summed E-state index contributed by atoms with van der Waals surface area (Å²) >= 11 is 5.77. The van der Waals surface area contributed by atoms with Gasteiger partial charge in [-0.05, 0) is 44.2 Å². The van der Waals surface area contributed by atoms with Gasteiger partial charge in [0.15, 0.2) is 5.78 Å². The van der Waals surface area contributed by atoms with Crippen LogP contribution in [0.1, 0.15) is 37.0 Å². The number of hydrogen-bond donors (Lipinski definition) is 1. The van der Waals surface area contributed by atoms with Crippen molar-refractivity contribution in [1.29, 1.82) is 0 Å². The van der Waals surface area contributed by atoms with Crippen LogP contribution >= 0.6 is 11.6 Å². The van der Waals surface area contributed by atoms with Crippen LogP contribution in [0.5, 0.6) is 0 Å². The first-order chi connectivity index (χ1) is 7.65. The second kappa shape index (κ2) is 6.66. The summed E-state index contributed by atoms with van der Waals surface area (Å²) in [5.74, 6) is 0.118. The van der Waals surface area contributed by atoms with E-state index in [9.17, 15) is 4.79 Å². The van der Waals surface area contributed by atoms with Gasteiger partial charge in [0, 0.05) is 10.6 Å². The Morgan fingerprint density at radius 2 is 2.00 bits per heavy atom. The molecule has 0 aliphatic carbocycles. The third kappa shape index (κ3) is 3.95. The highest BCUT2D eigenvalue weighted by atomic mass is 35.5. The number of Topliss-reactive ketones (excluding diaryl/α,β-unsaturated/α-hetero) is 1. The monoisotopic (exact) mass is 239 g/mol. The molecule has 0 aliphatic rings. The number of carbonyl (C=O) groups is 1. The summed E-state index contributed by atoms with van der Waals surface area (Å²) in [6, 6.07) is 6.89. The second-order valence-corrected chi connectivity index (χ2v) is 4.34. The van der Waals surface area contributed by atoms with Crippen molar-refractivity contribution in [2.45, 2.75) is 32.7 Å². The van der Waals surface area contributed by atoms with Gasteiger partial charge < -0.3 is 5.32 Å². The Morgan fingerprint density at radius 3 is 2.56 bits per heavy atom. The van der Waals surface area contributed by atoms with Crippen LogP contribution < -0.4 is 5.32 Å². The van der Waals surface area contributed by atoms with Crippen molar-refractivity contribution in [3.05, 3.63) is 34.9 Å². The third-order valence-corrected chi connectivity index (χ3v) is 2.75. The molecular weight excluding hydrogens is 222 g/mol. The minimum absolute atomic E-state index is 0.118. The maximum absolute atomic E-state index is 11.9. The van der Waals surface area contributed by atoms with E-state index in [4.69, 9.17) is 11.6 Å². The molecular formula is C13H18ClNO. The molecule has 0 bridgehead atoms. The van der Waals surface area contributed by atoms with Crippen molar-refractivity contribution in [3.8, 4) is 0 Å². The minimum atomic E-state index is -0.132. The first kappa shape index (κ1) is 13.2. The van der Waals surface area contributed by atoms with E-state index in [2.05, 4.69) is 12.2 Å². The van der Waals surface area contributed by atoms with E-state index in [0.717, 1.165) is 19.4 Å². The van der Waals surface area contributed by atoms with E-state index < -0.39 is 0 Å².